The summed E-state index contributed by atoms with van der Waals surface area (Å²) in [7, 11) is 0. The van der Waals surface area contributed by atoms with Crippen LogP contribution in [0, 0.1) is 13.8 Å². The number of carbonyl (C=O) groups is 1. The molecule has 0 unspecified atom stereocenters. The highest BCUT2D eigenvalue weighted by Gasteiger charge is 2.33. The molecular formula is C15H15F3N2OS. The molecule has 0 saturated heterocycles. The van der Waals surface area contributed by atoms with E-state index in [1.54, 1.807) is 0 Å². The van der Waals surface area contributed by atoms with Gasteiger partial charge in [0.2, 0.25) is 5.91 Å². The van der Waals surface area contributed by atoms with Gasteiger partial charge in [-0.05, 0) is 43.5 Å². The standard InChI is InChI=1S/C15H15F3N2OS/c1-8-14(22-9(2)20-8)11-3-5-12(15(16,17)18)10(7-11)4-6-13(19)21/h3,5,7H,4,6H2,1-2H3,(H2,19,21). The molecule has 3 nitrogen and oxygen atoms in total. The zero-order valence-corrected chi connectivity index (χ0v) is 12.9. The largest absolute Gasteiger partial charge is 0.416 e. The molecule has 2 N–H and O–H groups in total. The third kappa shape index (κ3) is 3.65. The number of aromatic nitrogens is 1. The maximum absolute atomic E-state index is 13.1. The molecule has 1 heterocycles. The van der Waals surface area contributed by atoms with Crippen molar-refractivity contribution in [3.63, 3.8) is 0 Å². The number of aryl methyl sites for hydroxylation is 3. The number of hydrogen-bond donors (Lipinski definition) is 1. The number of carbonyl (C=O) groups excluding carboxylic acids is 1. The highest BCUT2D eigenvalue weighted by molar-refractivity contribution is 7.15. The van der Waals surface area contributed by atoms with Crippen molar-refractivity contribution in [2.75, 3.05) is 0 Å². The Hall–Kier alpha value is -1.89. The topological polar surface area (TPSA) is 56.0 Å². The molecule has 0 atom stereocenters. The summed E-state index contributed by atoms with van der Waals surface area (Å²) in [5, 5.41) is 0.853. The van der Waals surface area contributed by atoms with Gasteiger partial charge >= 0.3 is 6.18 Å². The smallest absolute Gasteiger partial charge is 0.370 e. The van der Waals surface area contributed by atoms with Gasteiger partial charge in [-0.1, -0.05) is 6.07 Å². The molecule has 1 aromatic heterocycles. The summed E-state index contributed by atoms with van der Waals surface area (Å²) >= 11 is 1.43. The number of primary amides is 1. The average Bonchev–Trinajstić information content (AvgIpc) is 2.74. The van der Waals surface area contributed by atoms with Gasteiger partial charge in [0.15, 0.2) is 0 Å². The van der Waals surface area contributed by atoms with E-state index in [1.807, 2.05) is 13.8 Å². The van der Waals surface area contributed by atoms with Crippen LogP contribution in [0.15, 0.2) is 18.2 Å². The van der Waals surface area contributed by atoms with Gasteiger partial charge < -0.3 is 5.73 Å². The fourth-order valence-corrected chi connectivity index (χ4v) is 3.19. The summed E-state index contributed by atoms with van der Waals surface area (Å²) in [5.74, 6) is -0.622. The van der Waals surface area contributed by atoms with Crippen molar-refractivity contribution in [1.82, 2.24) is 4.98 Å². The number of benzene rings is 1. The lowest BCUT2D eigenvalue weighted by Gasteiger charge is -2.14. The molecule has 22 heavy (non-hydrogen) atoms. The molecule has 0 aliphatic carbocycles. The van der Waals surface area contributed by atoms with Crippen LogP contribution in [0.2, 0.25) is 0 Å². The van der Waals surface area contributed by atoms with Gasteiger partial charge in [0, 0.05) is 6.42 Å². The maximum Gasteiger partial charge on any atom is 0.416 e. The summed E-state index contributed by atoms with van der Waals surface area (Å²) in [6, 6.07) is 3.97. The Balaban J connectivity index is 2.48. The summed E-state index contributed by atoms with van der Waals surface area (Å²) in [6.45, 7) is 3.67. The first-order chi connectivity index (χ1) is 10.2. The number of nitrogens with two attached hydrogens (primary N) is 1. The Bertz CT molecular complexity index is 707. The number of amides is 1. The lowest BCUT2D eigenvalue weighted by molar-refractivity contribution is -0.138. The van der Waals surface area contributed by atoms with Crippen molar-refractivity contribution in [2.24, 2.45) is 5.73 Å². The van der Waals surface area contributed by atoms with Crippen LogP contribution in [0.4, 0.5) is 13.2 Å². The minimum atomic E-state index is -4.45. The minimum Gasteiger partial charge on any atom is -0.370 e. The van der Waals surface area contributed by atoms with Crippen LogP contribution in [-0.2, 0) is 17.4 Å². The van der Waals surface area contributed by atoms with Crippen LogP contribution in [0.25, 0.3) is 10.4 Å². The number of hydrogen-bond acceptors (Lipinski definition) is 3. The number of rotatable bonds is 4. The number of thiazole rings is 1. The summed E-state index contributed by atoms with van der Waals surface area (Å²) in [4.78, 5) is 16.0. The molecule has 1 aromatic carbocycles. The third-order valence-electron chi connectivity index (χ3n) is 3.22. The molecule has 2 aromatic rings. The van der Waals surface area contributed by atoms with Crippen LogP contribution in [0.3, 0.4) is 0 Å². The highest BCUT2D eigenvalue weighted by Crippen LogP contribution is 2.37. The van der Waals surface area contributed by atoms with Gasteiger partial charge in [-0.2, -0.15) is 13.2 Å². The zero-order valence-electron chi connectivity index (χ0n) is 12.1. The van der Waals surface area contributed by atoms with Crippen LogP contribution < -0.4 is 5.73 Å². The van der Waals surface area contributed by atoms with E-state index in [0.29, 0.717) is 5.56 Å². The van der Waals surface area contributed by atoms with E-state index in [2.05, 4.69) is 4.98 Å². The molecule has 0 aliphatic rings. The predicted octanol–water partition coefficient (Wildman–Crippen LogP) is 3.86. The molecule has 0 saturated carbocycles. The fourth-order valence-electron chi connectivity index (χ4n) is 2.28. The second-order valence-electron chi connectivity index (χ2n) is 4.98. The van der Waals surface area contributed by atoms with Crippen molar-refractivity contribution in [3.8, 4) is 10.4 Å². The average molecular weight is 328 g/mol. The normalized spacial score (nSPS) is 11.7. The first-order valence-electron chi connectivity index (χ1n) is 6.61. The molecule has 0 fully saturated rings. The third-order valence-corrected chi connectivity index (χ3v) is 4.34. The number of alkyl halides is 3. The van der Waals surface area contributed by atoms with Gasteiger partial charge in [0.05, 0.1) is 21.1 Å². The Labute approximate surface area is 130 Å². The minimum absolute atomic E-state index is 0.0329. The Kier molecular flexibility index (Phi) is 4.55. The van der Waals surface area contributed by atoms with Crippen molar-refractivity contribution in [3.05, 3.63) is 40.0 Å². The summed E-state index contributed by atoms with van der Waals surface area (Å²) in [5.41, 5.74) is 5.86. The second kappa shape index (κ2) is 6.08. The van der Waals surface area contributed by atoms with E-state index in [-0.39, 0.29) is 18.4 Å². The Morgan fingerprint density at radius 3 is 2.50 bits per heavy atom. The van der Waals surface area contributed by atoms with E-state index in [0.717, 1.165) is 21.6 Å². The lowest BCUT2D eigenvalue weighted by atomic mass is 9.98. The second-order valence-corrected chi connectivity index (χ2v) is 6.19. The van der Waals surface area contributed by atoms with Crippen molar-refractivity contribution in [1.29, 1.82) is 0 Å². The maximum atomic E-state index is 13.1. The Morgan fingerprint density at radius 2 is 2.00 bits per heavy atom. The SMILES string of the molecule is Cc1nc(C)c(-c2ccc(C(F)(F)F)c(CCC(N)=O)c2)s1. The van der Waals surface area contributed by atoms with E-state index in [4.69, 9.17) is 5.73 Å². The molecule has 0 spiro atoms. The van der Waals surface area contributed by atoms with Crippen LogP contribution >= 0.6 is 11.3 Å². The zero-order chi connectivity index (χ0) is 16.5. The van der Waals surface area contributed by atoms with E-state index >= 15 is 0 Å². The van der Waals surface area contributed by atoms with Crippen molar-refractivity contribution >= 4 is 17.2 Å². The summed E-state index contributed by atoms with van der Waals surface area (Å²) in [6.07, 6.45) is -4.60. The molecular weight excluding hydrogens is 313 g/mol. The van der Waals surface area contributed by atoms with Gasteiger partial charge in [0.25, 0.3) is 0 Å². The van der Waals surface area contributed by atoms with Gasteiger partial charge in [0.1, 0.15) is 0 Å². The van der Waals surface area contributed by atoms with E-state index in [1.165, 1.54) is 23.5 Å². The van der Waals surface area contributed by atoms with Gasteiger partial charge in [-0.25, -0.2) is 4.98 Å². The monoisotopic (exact) mass is 328 g/mol. The van der Waals surface area contributed by atoms with Crippen molar-refractivity contribution < 1.29 is 18.0 Å². The highest BCUT2D eigenvalue weighted by atomic mass is 32.1. The van der Waals surface area contributed by atoms with Gasteiger partial charge in [-0.15, -0.1) is 11.3 Å². The van der Waals surface area contributed by atoms with Crippen LogP contribution in [0.5, 0.6) is 0 Å². The van der Waals surface area contributed by atoms with Gasteiger partial charge in [-0.3, -0.25) is 4.79 Å². The summed E-state index contributed by atoms with van der Waals surface area (Å²) < 4.78 is 39.2. The molecule has 0 radical (unpaired) electrons. The first kappa shape index (κ1) is 16.5. The number of halogens is 3. The lowest BCUT2D eigenvalue weighted by Crippen LogP contribution is -2.14. The predicted molar refractivity (Wildman–Crippen MR) is 79.5 cm³/mol. The molecule has 7 heteroatoms. The van der Waals surface area contributed by atoms with Crippen LogP contribution in [0.1, 0.15) is 28.2 Å². The van der Waals surface area contributed by atoms with Crippen LogP contribution in [-0.4, -0.2) is 10.9 Å². The first-order valence-corrected chi connectivity index (χ1v) is 7.43. The van der Waals surface area contributed by atoms with E-state index in [9.17, 15) is 18.0 Å². The number of nitrogens with zero attached hydrogens (tertiary/aromatic N) is 1. The molecule has 118 valence electrons. The quantitative estimate of drug-likeness (QED) is 0.926. The van der Waals surface area contributed by atoms with Crippen molar-refractivity contribution in [2.45, 2.75) is 32.9 Å². The fraction of sp³-hybridized carbons (Fsp3) is 0.333. The molecule has 0 aliphatic heterocycles. The molecule has 2 rings (SSSR count). The molecule has 0 bridgehead atoms. The Morgan fingerprint density at radius 1 is 1.32 bits per heavy atom. The van der Waals surface area contributed by atoms with E-state index < -0.39 is 17.6 Å². The molecule has 1 amide bonds.